The molecule has 156 valence electrons. The molecule has 2 aliphatic rings. The van der Waals surface area contributed by atoms with Crippen LogP contribution in [0.25, 0.3) is 10.8 Å². The second-order valence-corrected chi connectivity index (χ2v) is 8.10. The average molecular weight is 405 g/mol. The molecule has 0 aromatic heterocycles. The molecule has 30 heavy (non-hydrogen) atoms. The second kappa shape index (κ2) is 7.98. The standard InChI is InChI=1S/C25H28N2O3/c1-5-30-25(29)22-15(2)26-19-11-8-12-21(28)24(19)23(22)18-13-14-20(27(3)4)17-10-7-6-9-16(17)18/h6-7,9-10,13-14,23,26H,5,8,11-12H2,1-4H3. The van der Waals surface area contributed by atoms with Crippen molar-refractivity contribution in [1.29, 1.82) is 0 Å². The largest absolute Gasteiger partial charge is 0.463 e. The third-order valence-electron chi connectivity index (χ3n) is 6.00. The van der Waals surface area contributed by atoms with E-state index >= 15 is 0 Å². The zero-order valence-corrected chi connectivity index (χ0v) is 18.0. The number of carbonyl (C=O) groups excluding carboxylic acids is 2. The lowest BCUT2D eigenvalue weighted by Gasteiger charge is -2.35. The predicted octanol–water partition coefficient (Wildman–Crippen LogP) is 4.44. The maximum absolute atomic E-state index is 13.1. The van der Waals surface area contributed by atoms with Crippen molar-refractivity contribution in [2.45, 2.75) is 39.0 Å². The number of ether oxygens (including phenoxy) is 1. The Hall–Kier alpha value is -3.08. The molecule has 5 heteroatoms. The molecule has 0 saturated carbocycles. The number of anilines is 1. The van der Waals surface area contributed by atoms with Gasteiger partial charge in [0.05, 0.1) is 12.2 Å². The van der Waals surface area contributed by atoms with E-state index in [-0.39, 0.29) is 11.8 Å². The van der Waals surface area contributed by atoms with Crippen molar-refractivity contribution >= 4 is 28.2 Å². The van der Waals surface area contributed by atoms with Gasteiger partial charge in [-0.05, 0) is 43.7 Å². The summed E-state index contributed by atoms with van der Waals surface area (Å²) in [7, 11) is 4.04. The van der Waals surface area contributed by atoms with E-state index < -0.39 is 5.92 Å². The molecule has 1 unspecified atom stereocenters. The van der Waals surface area contributed by atoms with Crippen LogP contribution in [0.3, 0.4) is 0 Å². The van der Waals surface area contributed by atoms with Gasteiger partial charge < -0.3 is 15.0 Å². The fraction of sp³-hybridized carbons (Fsp3) is 0.360. The number of esters is 1. The molecule has 1 atom stereocenters. The Morgan fingerprint density at radius 2 is 1.87 bits per heavy atom. The molecule has 1 N–H and O–H groups in total. The maximum atomic E-state index is 13.1. The van der Waals surface area contributed by atoms with Crippen LogP contribution < -0.4 is 10.2 Å². The van der Waals surface area contributed by atoms with Crippen LogP contribution in [0.15, 0.2) is 58.9 Å². The lowest BCUT2D eigenvalue weighted by atomic mass is 9.74. The first-order chi connectivity index (χ1) is 14.4. The van der Waals surface area contributed by atoms with Crippen molar-refractivity contribution in [3.05, 3.63) is 64.5 Å². The quantitative estimate of drug-likeness (QED) is 0.764. The van der Waals surface area contributed by atoms with Crippen molar-refractivity contribution in [2.24, 2.45) is 0 Å². The smallest absolute Gasteiger partial charge is 0.336 e. The number of dihydropyridines is 1. The van der Waals surface area contributed by atoms with Crippen molar-refractivity contribution in [3.63, 3.8) is 0 Å². The minimum Gasteiger partial charge on any atom is -0.463 e. The van der Waals surface area contributed by atoms with Gasteiger partial charge in [-0.25, -0.2) is 4.79 Å². The van der Waals surface area contributed by atoms with Gasteiger partial charge in [0.25, 0.3) is 0 Å². The molecule has 5 nitrogen and oxygen atoms in total. The van der Waals surface area contributed by atoms with Crippen molar-refractivity contribution in [3.8, 4) is 0 Å². The Balaban J connectivity index is 2.00. The fourth-order valence-electron chi connectivity index (χ4n) is 4.72. The van der Waals surface area contributed by atoms with Crippen LogP contribution in [0.5, 0.6) is 0 Å². The minimum atomic E-state index is -0.422. The molecule has 2 aromatic carbocycles. The zero-order valence-electron chi connectivity index (χ0n) is 18.0. The van der Waals surface area contributed by atoms with Gasteiger partial charge in [0.15, 0.2) is 5.78 Å². The van der Waals surface area contributed by atoms with Gasteiger partial charge in [-0.15, -0.1) is 0 Å². The summed E-state index contributed by atoms with van der Waals surface area (Å²) in [5, 5.41) is 5.50. The molecule has 1 aliphatic heterocycles. The van der Waals surface area contributed by atoms with Gasteiger partial charge in [-0.2, -0.15) is 0 Å². The van der Waals surface area contributed by atoms with E-state index in [1.807, 2.05) is 33.2 Å². The van der Waals surface area contributed by atoms with Gasteiger partial charge in [0, 0.05) is 54.5 Å². The summed E-state index contributed by atoms with van der Waals surface area (Å²) in [4.78, 5) is 28.2. The van der Waals surface area contributed by atoms with Crippen LogP contribution in [0.1, 0.15) is 44.6 Å². The number of fused-ring (bicyclic) bond motifs is 1. The monoisotopic (exact) mass is 404 g/mol. The molecule has 1 aliphatic carbocycles. The van der Waals surface area contributed by atoms with Crippen LogP contribution >= 0.6 is 0 Å². The minimum absolute atomic E-state index is 0.115. The Kier molecular flexibility index (Phi) is 5.37. The van der Waals surface area contributed by atoms with Crippen LogP contribution in [0.2, 0.25) is 0 Å². The van der Waals surface area contributed by atoms with E-state index in [2.05, 4.69) is 34.5 Å². The number of allylic oxidation sites excluding steroid dienone is 3. The highest BCUT2D eigenvalue weighted by Crippen LogP contribution is 2.45. The SMILES string of the molecule is CCOC(=O)C1=C(C)NC2=C(C(=O)CCC2)C1c1ccc(N(C)C)c2ccccc12. The summed E-state index contributed by atoms with van der Waals surface area (Å²) >= 11 is 0. The van der Waals surface area contributed by atoms with E-state index in [0.717, 1.165) is 51.8 Å². The summed E-state index contributed by atoms with van der Waals surface area (Å²) in [6, 6.07) is 12.3. The Morgan fingerprint density at radius 3 is 2.57 bits per heavy atom. The number of carbonyl (C=O) groups is 2. The van der Waals surface area contributed by atoms with Crippen LogP contribution in [-0.4, -0.2) is 32.5 Å². The highest BCUT2D eigenvalue weighted by molar-refractivity contribution is 6.06. The number of ketones is 1. The Bertz CT molecular complexity index is 1090. The highest BCUT2D eigenvalue weighted by Gasteiger charge is 2.39. The molecule has 1 heterocycles. The summed E-state index contributed by atoms with van der Waals surface area (Å²) in [5.74, 6) is -0.670. The summed E-state index contributed by atoms with van der Waals surface area (Å²) in [6.07, 6.45) is 2.17. The molecule has 0 fully saturated rings. The average Bonchev–Trinajstić information content (AvgIpc) is 2.72. The van der Waals surface area contributed by atoms with E-state index in [4.69, 9.17) is 4.74 Å². The molecule has 0 radical (unpaired) electrons. The lowest BCUT2D eigenvalue weighted by molar-refractivity contribution is -0.138. The van der Waals surface area contributed by atoms with E-state index in [9.17, 15) is 9.59 Å². The van der Waals surface area contributed by atoms with Gasteiger partial charge >= 0.3 is 5.97 Å². The van der Waals surface area contributed by atoms with E-state index in [1.54, 1.807) is 6.92 Å². The number of nitrogens with zero attached hydrogens (tertiary/aromatic N) is 1. The van der Waals surface area contributed by atoms with E-state index in [1.165, 1.54) is 0 Å². The number of hydrogen-bond acceptors (Lipinski definition) is 5. The first-order valence-electron chi connectivity index (χ1n) is 10.5. The number of rotatable bonds is 4. The normalized spacial score (nSPS) is 18.9. The van der Waals surface area contributed by atoms with Gasteiger partial charge in [0.1, 0.15) is 0 Å². The molecule has 4 rings (SSSR count). The number of hydrogen-bond donors (Lipinski definition) is 1. The van der Waals surface area contributed by atoms with Crippen molar-refractivity contribution < 1.29 is 14.3 Å². The predicted molar refractivity (Wildman–Crippen MR) is 119 cm³/mol. The van der Waals surface area contributed by atoms with Crippen LogP contribution in [-0.2, 0) is 14.3 Å². The van der Waals surface area contributed by atoms with Crippen LogP contribution in [0, 0.1) is 0 Å². The van der Waals surface area contributed by atoms with Gasteiger partial charge in [-0.1, -0.05) is 30.3 Å². The fourth-order valence-corrected chi connectivity index (χ4v) is 4.72. The zero-order chi connectivity index (χ0) is 21.4. The summed E-state index contributed by atoms with van der Waals surface area (Å²) in [6.45, 7) is 4.00. The van der Waals surface area contributed by atoms with E-state index in [0.29, 0.717) is 18.6 Å². The number of nitrogens with one attached hydrogen (secondary N) is 1. The number of Topliss-reactive ketones (excluding diaryl/α,β-unsaturated/α-hetero) is 1. The maximum Gasteiger partial charge on any atom is 0.336 e. The molecule has 2 aromatic rings. The first kappa shape index (κ1) is 20.2. The van der Waals surface area contributed by atoms with Crippen LogP contribution in [0.4, 0.5) is 5.69 Å². The Morgan fingerprint density at radius 1 is 1.13 bits per heavy atom. The third-order valence-corrected chi connectivity index (χ3v) is 6.00. The molecule has 0 saturated heterocycles. The highest BCUT2D eigenvalue weighted by atomic mass is 16.5. The molecular formula is C25H28N2O3. The number of benzene rings is 2. The molecule has 0 bridgehead atoms. The van der Waals surface area contributed by atoms with Crippen molar-refractivity contribution in [1.82, 2.24) is 5.32 Å². The first-order valence-corrected chi connectivity index (χ1v) is 10.5. The van der Waals surface area contributed by atoms with Crippen molar-refractivity contribution in [2.75, 3.05) is 25.6 Å². The summed E-state index contributed by atoms with van der Waals surface area (Å²) in [5.41, 5.74) is 5.05. The molecule has 0 amide bonds. The Labute approximate surface area is 177 Å². The molecule has 0 spiro atoms. The van der Waals surface area contributed by atoms with Gasteiger partial charge in [0.2, 0.25) is 0 Å². The lowest BCUT2D eigenvalue weighted by Crippen LogP contribution is -2.34. The molecular weight excluding hydrogens is 376 g/mol. The second-order valence-electron chi connectivity index (χ2n) is 8.10. The summed E-state index contributed by atoms with van der Waals surface area (Å²) < 4.78 is 5.41. The third kappa shape index (κ3) is 3.28. The topological polar surface area (TPSA) is 58.6 Å². The van der Waals surface area contributed by atoms with Gasteiger partial charge in [-0.3, -0.25) is 4.79 Å².